The lowest BCUT2D eigenvalue weighted by Crippen LogP contribution is -2.60. The highest BCUT2D eigenvalue weighted by Crippen LogP contribution is 2.62. The van der Waals surface area contributed by atoms with Crippen molar-refractivity contribution in [3.63, 3.8) is 0 Å². The number of benzene rings is 3. The molecule has 3 unspecified atom stereocenters. The maximum Gasteiger partial charge on any atom is 0.303 e. The first kappa shape index (κ1) is 56.7. The number of rotatable bonds is 22. The Morgan fingerprint density at radius 3 is 1.88 bits per heavy atom. The van der Waals surface area contributed by atoms with Crippen molar-refractivity contribution in [3.05, 3.63) is 92.8 Å². The molecule has 3 aromatic carbocycles. The second kappa shape index (κ2) is 24.8. The van der Waals surface area contributed by atoms with Gasteiger partial charge in [0, 0.05) is 119 Å². The van der Waals surface area contributed by atoms with Gasteiger partial charge in [-0.1, -0.05) is 23.4 Å². The standard InChI is InChI=1S/C60H73N7O15/c1-36(68)77-35-49-55(78-37(2)69)56(79-38(3)70)57(80-39(4)71)59(81-49)67-34-42(62-63-67)14-11-26-74-28-30-76-31-29-75-27-19-50(72)61-20-25-66-58(73)43-15-5-6-18-46(43)60(66)47-32-40-12-7-21-64-23-9-16-44(51(40)64)53(47)82-54-45-17-10-24-65-22-8-13-41(52(45)65)33-48(54)60/h5-6,15,18,32-34,49,55-57,59H,7-14,16-17,19-31,35H2,1-4H3,(H,61,72)/t49?,55-,56?,57?,59-/m0/s1. The van der Waals surface area contributed by atoms with E-state index in [4.69, 9.17) is 42.6 Å². The van der Waals surface area contributed by atoms with E-state index in [0.29, 0.717) is 63.7 Å². The average molecular weight is 1130 g/mol. The Balaban J connectivity index is 0.655. The lowest BCUT2D eigenvalue weighted by atomic mass is 9.70. The van der Waals surface area contributed by atoms with Gasteiger partial charge in [-0.15, -0.1) is 5.10 Å². The molecule has 22 nitrogen and oxygen atoms in total. The fourth-order valence-electron chi connectivity index (χ4n) is 13.4. The second-order valence-corrected chi connectivity index (χ2v) is 22.0. The van der Waals surface area contributed by atoms with Gasteiger partial charge in [0.05, 0.1) is 44.9 Å². The summed E-state index contributed by atoms with van der Waals surface area (Å²) in [5, 5.41) is 11.5. The van der Waals surface area contributed by atoms with Gasteiger partial charge in [0.15, 0.2) is 24.5 Å². The number of aryl methyl sites for hydroxylation is 3. The minimum Gasteiger partial charge on any atom is -0.463 e. The van der Waals surface area contributed by atoms with Crippen LogP contribution in [-0.2, 0) is 99.5 Å². The molecule has 8 heterocycles. The topological polar surface area (TPSA) is 238 Å². The number of fused-ring (bicyclic) bond motifs is 8. The van der Waals surface area contributed by atoms with Crippen molar-refractivity contribution in [1.29, 1.82) is 0 Å². The number of carbonyl (C=O) groups is 6. The summed E-state index contributed by atoms with van der Waals surface area (Å²) in [7, 11) is 0. The highest BCUT2D eigenvalue weighted by Gasteiger charge is 2.58. The zero-order chi connectivity index (χ0) is 57.1. The molecule has 0 radical (unpaired) electrons. The molecule has 2 amide bonds. The molecular formula is C60H73N7O15. The van der Waals surface area contributed by atoms with E-state index in [1.807, 2.05) is 17.0 Å². The smallest absolute Gasteiger partial charge is 0.303 e. The van der Waals surface area contributed by atoms with E-state index in [1.165, 1.54) is 52.2 Å². The summed E-state index contributed by atoms with van der Waals surface area (Å²) in [6.45, 7) is 10.9. The molecule has 7 aliphatic rings. The first-order chi connectivity index (χ1) is 39.8. The summed E-state index contributed by atoms with van der Waals surface area (Å²) in [4.78, 5) is 83.9. The monoisotopic (exact) mass is 1130 g/mol. The van der Waals surface area contributed by atoms with Crippen LogP contribution in [0.25, 0.3) is 0 Å². The zero-order valence-electron chi connectivity index (χ0n) is 47.2. The second-order valence-electron chi connectivity index (χ2n) is 22.0. The van der Waals surface area contributed by atoms with Gasteiger partial charge in [0.2, 0.25) is 5.91 Å². The Morgan fingerprint density at radius 1 is 0.683 bits per heavy atom. The van der Waals surface area contributed by atoms with Crippen LogP contribution >= 0.6 is 0 Å². The van der Waals surface area contributed by atoms with Crippen molar-refractivity contribution in [2.45, 2.75) is 135 Å². The largest absolute Gasteiger partial charge is 0.463 e. The molecule has 1 spiro atoms. The fourth-order valence-corrected chi connectivity index (χ4v) is 13.4. The number of ether oxygens (including phenoxy) is 9. The van der Waals surface area contributed by atoms with Gasteiger partial charge < -0.3 is 62.6 Å². The number of aromatic nitrogens is 3. The van der Waals surface area contributed by atoms with Crippen molar-refractivity contribution in [2.75, 3.05) is 95.3 Å². The Hall–Kier alpha value is -7.14. The molecule has 11 rings (SSSR count). The van der Waals surface area contributed by atoms with Gasteiger partial charge in [-0.25, -0.2) is 4.68 Å². The normalized spacial score (nSPS) is 21.5. The van der Waals surface area contributed by atoms with Gasteiger partial charge in [0.25, 0.3) is 5.91 Å². The SMILES string of the molecule is CC(=O)OCC1O[C@H](n2cc(CCCOCCOCCOCCC(=O)NCCN3C(=O)c4ccccc4C34c3cc5c6c(c3Oc3c4cc4c7c3CCCN7CCC4)CCCN6CCC5)nn2)C(OC(C)=O)C(OC(C)=O)[C@H]1OC(C)=O. The van der Waals surface area contributed by atoms with Crippen molar-refractivity contribution in [3.8, 4) is 11.5 Å². The van der Waals surface area contributed by atoms with Gasteiger partial charge >= 0.3 is 23.9 Å². The van der Waals surface area contributed by atoms with E-state index < -0.39 is 60.1 Å². The lowest BCUT2D eigenvalue weighted by Gasteiger charge is -2.49. The fraction of sp³-hybridized carbons (Fsp3) is 0.567. The van der Waals surface area contributed by atoms with Crippen LogP contribution in [0.4, 0.5) is 11.4 Å². The molecule has 0 saturated carbocycles. The summed E-state index contributed by atoms with van der Waals surface area (Å²) < 4.78 is 53.9. The number of amides is 2. The molecule has 438 valence electrons. The molecule has 5 atom stereocenters. The van der Waals surface area contributed by atoms with Crippen LogP contribution in [0.15, 0.2) is 42.6 Å². The summed E-state index contributed by atoms with van der Waals surface area (Å²) in [5.74, 6) is -1.21. The summed E-state index contributed by atoms with van der Waals surface area (Å²) >= 11 is 0. The van der Waals surface area contributed by atoms with Crippen molar-refractivity contribution < 1.29 is 71.4 Å². The van der Waals surface area contributed by atoms with Gasteiger partial charge in [-0.05, 0) is 99.1 Å². The quantitative estimate of drug-likeness (QED) is 0.0621. The molecule has 22 heteroatoms. The maximum atomic E-state index is 15.1. The van der Waals surface area contributed by atoms with E-state index in [9.17, 15) is 24.0 Å². The first-order valence-corrected chi connectivity index (χ1v) is 29.0. The van der Waals surface area contributed by atoms with E-state index in [0.717, 1.165) is 120 Å². The van der Waals surface area contributed by atoms with E-state index in [-0.39, 0.29) is 38.0 Å². The average Bonchev–Trinajstić information content (AvgIpc) is 1.79. The Kier molecular flexibility index (Phi) is 17.1. The number of esters is 4. The first-order valence-electron chi connectivity index (χ1n) is 29.0. The molecule has 1 saturated heterocycles. The van der Waals surface area contributed by atoms with Crippen molar-refractivity contribution >= 4 is 47.1 Å². The van der Waals surface area contributed by atoms with E-state index in [2.05, 4.69) is 49.7 Å². The minimum absolute atomic E-state index is 0.0459. The van der Waals surface area contributed by atoms with Crippen LogP contribution in [0.2, 0.25) is 0 Å². The Labute approximate surface area is 476 Å². The van der Waals surface area contributed by atoms with Gasteiger partial charge in [-0.3, -0.25) is 28.8 Å². The number of nitrogens with one attached hydrogen (secondary N) is 1. The molecule has 1 aromatic heterocycles. The molecule has 4 aromatic rings. The van der Waals surface area contributed by atoms with Crippen LogP contribution in [0, 0.1) is 0 Å². The van der Waals surface area contributed by atoms with Crippen LogP contribution in [-0.4, -0.2) is 166 Å². The number of nitrogens with zero attached hydrogens (tertiary/aromatic N) is 6. The maximum absolute atomic E-state index is 15.1. The third-order valence-electron chi connectivity index (χ3n) is 16.5. The third kappa shape index (κ3) is 11.3. The minimum atomic E-state index is -1.34. The van der Waals surface area contributed by atoms with E-state index >= 15 is 4.79 Å². The zero-order valence-corrected chi connectivity index (χ0v) is 47.2. The summed E-state index contributed by atoms with van der Waals surface area (Å²) in [6.07, 6.45) is 4.58. The summed E-state index contributed by atoms with van der Waals surface area (Å²) in [6, 6.07) is 12.8. The molecule has 82 heavy (non-hydrogen) atoms. The van der Waals surface area contributed by atoms with Crippen LogP contribution < -0.4 is 19.9 Å². The Bertz CT molecular complexity index is 3000. The predicted molar refractivity (Wildman–Crippen MR) is 294 cm³/mol. The summed E-state index contributed by atoms with van der Waals surface area (Å²) in [5.41, 5.74) is 11.2. The van der Waals surface area contributed by atoms with Crippen LogP contribution in [0.5, 0.6) is 11.5 Å². The highest BCUT2D eigenvalue weighted by atomic mass is 16.7. The van der Waals surface area contributed by atoms with Crippen LogP contribution in [0.1, 0.15) is 127 Å². The predicted octanol–water partition coefficient (Wildman–Crippen LogP) is 4.97. The molecule has 1 N–H and O–H groups in total. The number of anilines is 2. The van der Waals surface area contributed by atoms with Crippen molar-refractivity contribution in [2.24, 2.45) is 0 Å². The molecule has 0 aliphatic carbocycles. The number of carbonyl (C=O) groups excluding carboxylic acids is 6. The van der Waals surface area contributed by atoms with Crippen LogP contribution in [0.3, 0.4) is 0 Å². The van der Waals surface area contributed by atoms with Crippen molar-refractivity contribution in [1.82, 2.24) is 25.2 Å². The Morgan fingerprint density at radius 2 is 1.26 bits per heavy atom. The molecule has 7 aliphatic heterocycles. The lowest BCUT2D eigenvalue weighted by molar-refractivity contribution is -0.270. The van der Waals surface area contributed by atoms with Gasteiger partial charge in [0.1, 0.15) is 29.7 Å². The number of hydrogen-bond donors (Lipinski definition) is 1. The number of hydrogen-bond acceptors (Lipinski definition) is 19. The van der Waals surface area contributed by atoms with E-state index in [1.54, 1.807) is 6.20 Å². The van der Waals surface area contributed by atoms with Gasteiger partial charge in [-0.2, -0.15) is 0 Å². The third-order valence-corrected chi connectivity index (χ3v) is 16.5. The molecule has 0 bridgehead atoms. The highest BCUT2D eigenvalue weighted by molar-refractivity contribution is 6.03. The molecular weight excluding hydrogens is 1060 g/mol. The molecule has 1 fully saturated rings.